The first-order chi connectivity index (χ1) is 19.9. The highest BCUT2D eigenvalue weighted by atomic mass is 35.5. The van der Waals surface area contributed by atoms with Gasteiger partial charge in [-0.3, -0.25) is 4.79 Å². The summed E-state index contributed by atoms with van der Waals surface area (Å²) in [6.07, 6.45) is 1.47. The quantitative estimate of drug-likeness (QED) is 0.133. The van der Waals surface area contributed by atoms with E-state index >= 15 is 0 Å². The van der Waals surface area contributed by atoms with Crippen LogP contribution in [-0.4, -0.2) is 16.7 Å². The van der Waals surface area contributed by atoms with Crippen LogP contribution < -0.4 is 14.9 Å². The van der Waals surface area contributed by atoms with Gasteiger partial charge < -0.3 is 18.5 Å². The van der Waals surface area contributed by atoms with Crippen molar-refractivity contribution in [1.29, 1.82) is 0 Å². The largest absolute Gasteiger partial charge is 0.488 e. The fourth-order valence-corrected chi connectivity index (χ4v) is 4.51. The lowest BCUT2D eigenvalue weighted by Crippen LogP contribution is -2.16. The molecule has 5 aromatic rings. The number of hydrogen-bond acceptors (Lipinski definition) is 5. The smallest absolute Gasteiger partial charge is 0.307 e. The molecule has 1 amide bonds. The second-order valence-electron chi connectivity index (χ2n) is 9.30. The van der Waals surface area contributed by atoms with E-state index in [1.165, 1.54) is 6.21 Å². The van der Waals surface area contributed by atoms with Crippen molar-refractivity contribution in [3.63, 3.8) is 0 Å². The van der Waals surface area contributed by atoms with E-state index in [9.17, 15) is 4.79 Å². The molecule has 7 nitrogen and oxygen atoms in total. The molecule has 3 aromatic carbocycles. The number of ether oxygens (including phenoxy) is 2. The van der Waals surface area contributed by atoms with Crippen molar-refractivity contribution in [1.82, 2.24) is 9.99 Å². The number of rotatable bonds is 10. The minimum Gasteiger partial charge on any atom is -0.488 e. The van der Waals surface area contributed by atoms with Gasteiger partial charge >= 0.3 is 5.91 Å². The Labute approximate surface area is 247 Å². The maximum atomic E-state index is 12.6. The average Bonchev–Trinajstić information content (AvgIpc) is 3.58. The first kappa shape index (κ1) is 28.1. The molecular formula is C32H27Cl2N3O4. The Hall–Kier alpha value is -4.46. The zero-order valence-electron chi connectivity index (χ0n) is 22.4. The first-order valence-corrected chi connectivity index (χ1v) is 13.6. The number of benzene rings is 3. The summed E-state index contributed by atoms with van der Waals surface area (Å²) in [4.78, 5) is 12.6. The third-order valence-electron chi connectivity index (χ3n) is 6.28. The van der Waals surface area contributed by atoms with Crippen molar-refractivity contribution >= 4 is 35.3 Å². The Balaban J connectivity index is 1.15. The number of aromatic nitrogens is 1. The average molecular weight is 588 g/mol. The van der Waals surface area contributed by atoms with Gasteiger partial charge in [0.2, 0.25) is 0 Å². The standard InChI is InChI=1S/C32H27Cl2N3O4/c1-21-3-4-22(2)37(21)27-10-12-28(13-11-27)39-20-29-14-16-31(41-29)32(38)36-35-18-24-17-26(34)9-15-30(24)40-19-23-5-7-25(33)8-6-23/h3-18H,19-20H2,1-2H3,(H,36,38)/b35-18+. The van der Waals surface area contributed by atoms with Gasteiger partial charge in [-0.25, -0.2) is 5.43 Å². The fraction of sp³-hybridized carbons (Fsp3) is 0.125. The molecule has 41 heavy (non-hydrogen) atoms. The minimum absolute atomic E-state index is 0.111. The Morgan fingerprint density at radius 1 is 0.854 bits per heavy atom. The molecule has 9 heteroatoms. The van der Waals surface area contributed by atoms with E-state index in [1.807, 2.05) is 36.4 Å². The second kappa shape index (κ2) is 12.8. The van der Waals surface area contributed by atoms with E-state index in [4.69, 9.17) is 37.1 Å². The number of hydrogen-bond donors (Lipinski definition) is 1. The van der Waals surface area contributed by atoms with Gasteiger partial charge in [-0.1, -0.05) is 35.3 Å². The van der Waals surface area contributed by atoms with Gasteiger partial charge in [0.25, 0.3) is 0 Å². The molecule has 0 bridgehead atoms. The summed E-state index contributed by atoms with van der Waals surface area (Å²) >= 11 is 12.1. The maximum Gasteiger partial charge on any atom is 0.307 e. The topological polar surface area (TPSA) is 78.0 Å². The number of carbonyl (C=O) groups is 1. The van der Waals surface area contributed by atoms with Gasteiger partial charge in [-0.15, -0.1) is 0 Å². The van der Waals surface area contributed by atoms with E-state index in [2.05, 4.69) is 41.1 Å². The van der Waals surface area contributed by atoms with Gasteiger partial charge in [0, 0.05) is 32.7 Å². The molecule has 2 aromatic heterocycles. The summed E-state index contributed by atoms with van der Waals surface area (Å²) in [5.41, 5.74) is 7.42. The number of carbonyl (C=O) groups excluding carboxylic acids is 1. The van der Waals surface area contributed by atoms with Gasteiger partial charge in [0.15, 0.2) is 5.76 Å². The van der Waals surface area contributed by atoms with Crippen LogP contribution in [0.4, 0.5) is 0 Å². The van der Waals surface area contributed by atoms with Crippen molar-refractivity contribution in [2.45, 2.75) is 27.1 Å². The molecule has 0 unspecified atom stereocenters. The third-order valence-corrected chi connectivity index (χ3v) is 6.77. The molecule has 0 aliphatic rings. The fourth-order valence-electron chi connectivity index (χ4n) is 4.21. The number of halogens is 2. The number of aryl methyl sites for hydroxylation is 2. The molecule has 0 aliphatic carbocycles. The SMILES string of the molecule is Cc1ccc(C)n1-c1ccc(OCc2ccc(C(=O)N/N=C/c3cc(Cl)ccc3OCc3ccc(Cl)cc3)o2)cc1. The molecule has 0 saturated heterocycles. The summed E-state index contributed by atoms with van der Waals surface area (Å²) in [5.74, 6) is 1.37. The van der Waals surface area contributed by atoms with Crippen LogP contribution in [0.1, 0.15) is 38.8 Å². The first-order valence-electron chi connectivity index (χ1n) is 12.8. The molecular weight excluding hydrogens is 561 g/mol. The predicted molar refractivity (Wildman–Crippen MR) is 161 cm³/mol. The van der Waals surface area contributed by atoms with E-state index in [1.54, 1.807) is 42.5 Å². The zero-order chi connectivity index (χ0) is 28.8. The molecule has 0 aliphatic heterocycles. The molecule has 0 saturated carbocycles. The van der Waals surface area contributed by atoms with Crippen molar-refractivity contribution in [2.75, 3.05) is 0 Å². The van der Waals surface area contributed by atoms with Gasteiger partial charge in [0.1, 0.15) is 30.5 Å². The highest BCUT2D eigenvalue weighted by molar-refractivity contribution is 6.31. The third kappa shape index (κ3) is 7.20. The van der Waals surface area contributed by atoms with Crippen molar-refractivity contribution in [2.24, 2.45) is 5.10 Å². The van der Waals surface area contributed by atoms with Crippen LogP contribution in [0.15, 0.2) is 101 Å². The normalized spacial score (nSPS) is 11.1. The van der Waals surface area contributed by atoms with Crippen LogP contribution in [0, 0.1) is 13.8 Å². The number of hydrazone groups is 1. The molecule has 1 N–H and O–H groups in total. The van der Waals surface area contributed by atoms with E-state index < -0.39 is 5.91 Å². The lowest BCUT2D eigenvalue weighted by Gasteiger charge is -2.10. The second-order valence-corrected chi connectivity index (χ2v) is 10.2. The Morgan fingerprint density at radius 3 is 2.29 bits per heavy atom. The summed E-state index contributed by atoms with van der Waals surface area (Å²) in [5, 5.41) is 5.22. The zero-order valence-corrected chi connectivity index (χ0v) is 23.9. The molecule has 0 spiro atoms. The van der Waals surface area contributed by atoms with Crippen LogP contribution in [0.5, 0.6) is 11.5 Å². The summed E-state index contributed by atoms with van der Waals surface area (Å²) in [7, 11) is 0. The van der Waals surface area contributed by atoms with Crippen LogP contribution in [0.2, 0.25) is 10.0 Å². The van der Waals surface area contributed by atoms with Crippen LogP contribution in [0.3, 0.4) is 0 Å². The predicted octanol–water partition coefficient (Wildman–Crippen LogP) is 7.92. The van der Waals surface area contributed by atoms with Gasteiger partial charge in [-0.2, -0.15) is 5.10 Å². The Bertz CT molecular complexity index is 1650. The summed E-state index contributed by atoms with van der Waals surface area (Å²) in [6, 6.07) is 27.8. The Kier molecular flexibility index (Phi) is 8.77. The number of furan rings is 1. The van der Waals surface area contributed by atoms with Crippen molar-refractivity contribution in [3.8, 4) is 17.2 Å². The number of nitrogens with zero attached hydrogens (tertiary/aromatic N) is 2. The molecule has 0 fully saturated rings. The van der Waals surface area contributed by atoms with Crippen LogP contribution in [0.25, 0.3) is 5.69 Å². The minimum atomic E-state index is -0.500. The summed E-state index contributed by atoms with van der Waals surface area (Å²) < 4.78 is 19.6. The monoisotopic (exact) mass is 587 g/mol. The van der Waals surface area contributed by atoms with E-state index in [0.717, 1.165) is 22.6 Å². The highest BCUT2D eigenvalue weighted by Crippen LogP contribution is 2.23. The molecule has 0 radical (unpaired) electrons. The van der Waals surface area contributed by atoms with Gasteiger partial charge in [0.05, 0.1) is 6.21 Å². The highest BCUT2D eigenvalue weighted by Gasteiger charge is 2.12. The number of nitrogens with one attached hydrogen (secondary N) is 1. The van der Waals surface area contributed by atoms with E-state index in [0.29, 0.717) is 39.5 Å². The number of amides is 1. The summed E-state index contributed by atoms with van der Waals surface area (Å²) in [6.45, 7) is 4.65. The molecule has 2 heterocycles. The van der Waals surface area contributed by atoms with Gasteiger partial charge in [-0.05, 0) is 98.3 Å². The molecule has 0 atom stereocenters. The maximum absolute atomic E-state index is 12.6. The van der Waals surface area contributed by atoms with E-state index in [-0.39, 0.29) is 12.4 Å². The molecule has 5 rings (SSSR count). The lowest BCUT2D eigenvalue weighted by molar-refractivity contribution is 0.0923. The van der Waals surface area contributed by atoms with Crippen LogP contribution in [-0.2, 0) is 13.2 Å². The Morgan fingerprint density at radius 2 is 1.56 bits per heavy atom. The molecule has 208 valence electrons. The van der Waals surface area contributed by atoms with Crippen LogP contribution >= 0.6 is 23.2 Å². The van der Waals surface area contributed by atoms with Crippen molar-refractivity contribution < 1.29 is 18.7 Å². The lowest BCUT2D eigenvalue weighted by atomic mass is 10.2. The van der Waals surface area contributed by atoms with Crippen molar-refractivity contribution in [3.05, 3.63) is 135 Å².